The fourth-order valence-corrected chi connectivity index (χ4v) is 3.01. The second-order valence-electron chi connectivity index (χ2n) is 5.07. The zero-order valence-electron chi connectivity index (χ0n) is 7.61. The fraction of sp³-hybridized carbons (Fsp3) is 0.900. The number of fused-ring (bicyclic) bond motifs is 1. The molecule has 2 atom stereocenters. The average molecular weight is 152 g/mol. The van der Waals surface area contributed by atoms with Crippen LogP contribution in [0.2, 0.25) is 0 Å². The number of hydrogen-bond acceptors (Lipinski definition) is 1. The lowest BCUT2D eigenvalue weighted by atomic mass is 9.58. The van der Waals surface area contributed by atoms with Crippen molar-refractivity contribution in [3.05, 3.63) is 0 Å². The Morgan fingerprint density at radius 1 is 1.36 bits per heavy atom. The molecule has 1 nitrogen and oxygen atoms in total. The van der Waals surface area contributed by atoms with Gasteiger partial charge in [0, 0.05) is 11.8 Å². The van der Waals surface area contributed by atoms with Gasteiger partial charge in [-0.15, -0.1) is 0 Å². The molecule has 0 aromatic heterocycles. The molecule has 2 fully saturated rings. The van der Waals surface area contributed by atoms with Crippen molar-refractivity contribution in [2.24, 2.45) is 16.7 Å². The summed E-state index contributed by atoms with van der Waals surface area (Å²) in [7, 11) is 0. The highest BCUT2D eigenvalue weighted by Gasteiger charge is 2.59. The van der Waals surface area contributed by atoms with Crippen LogP contribution in [0.5, 0.6) is 0 Å². The van der Waals surface area contributed by atoms with Gasteiger partial charge in [0.25, 0.3) is 0 Å². The lowest BCUT2D eigenvalue weighted by Crippen LogP contribution is -2.39. The van der Waals surface area contributed by atoms with Gasteiger partial charge in [0.2, 0.25) is 0 Å². The van der Waals surface area contributed by atoms with E-state index in [0.29, 0.717) is 17.1 Å². The van der Waals surface area contributed by atoms with Crippen molar-refractivity contribution in [2.45, 2.75) is 40.0 Å². The summed E-state index contributed by atoms with van der Waals surface area (Å²) in [5.74, 6) is 1.17. The molecular weight excluding hydrogens is 136 g/mol. The van der Waals surface area contributed by atoms with E-state index < -0.39 is 0 Å². The Hall–Kier alpha value is -0.330. The molecule has 0 aromatic carbocycles. The minimum absolute atomic E-state index is 0.00694. The van der Waals surface area contributed by atoms with Crippen LogP contribution >= 0.6 is 0 Å². The first-order chi connectivity index (χ1) is 4.97. The van der Waals surface area contributed by atoms with Crippen molar-refractivity contribution < 1.29 is 4.79 Å². The normalized spacial score (nSPS) is 46.8. The number of ketones is 1. The smallest absolute Gasteiger partial charge is 0.139 e. The molecule has 62 valence electrons. The molecule has 0 saturated heterocycles. The zero-order valence-corrected chi connectivity index (χ0v) is 7.61. The van der Waals surface area contributed by atoms with Crippen LogP contribution in [0.3, 0.4) is 0 Å². The quantitative estimate of drug-likeness (QED) is 0.521. The lowest BCUT2D eigenvalue weighted by Gasteiger charge is -2.46. The molecule has 1 heteroatoms. The van der Waals surface area contributed by atoms with Crippen LogP contribution in [0, 0.1) is 16.7 Å². The van der Waals surface area contributed by atoms with Gasteiger partial charge >= 0.3 is 0 Å². The third-order valence-electron chi connectivity index (χ3n) is 4.00. The Morgan fingerprint density at radius 2 is 2.00 bits per heavy atom. The molecule has 0 spiro atoms. The van der Waals surface area contributed by atoms with E-state index in [9.17, 15) is 4.79 Å². The molecule has 0 aliphatic heterocycles. The summed E-state index contributed by atoms with van der Waals surface area (Å²) in [4.78, 5) is 11.6. The summed E-state index contributed by atoms with van der Waals surface area (Å²) >= 11 is 0. The van der Waals surface area contributed by atoms with Crippen molar-refractivity contribution in [2.75, 3.05) is 0 Å². The van der Waals surface area contributed by atoms with Gasteiger partial charge in [-0.1, -0.05) is 20.8 Å². The summed E-state index contributed by atoms with van der Waals surface area (Å²) < 4.78 is 0. The molecule has 0 heterocycles. The number of Topliss-reactive ketones (excluding diaryl/α,β-unsaturated/α-hetero) is 1. The number of carbonyl (C=O) groups is 1. The van der Waals surface area contributed by atoms with Gasteiger partial charge in [-0.25, -0.2) is 0 Å². The minimum Gasteiger partial charge on any atom is -0.299 e. The summed E-state index contributed by atoms with van der Waals surface area (Å²) in [6, 6.07) is 0. The molecule has 0 amide bonds. The van der Waals surface area contributed by atoms with Gasteiger partial charge in [-0.05, 0) is 24.2 Å². The van der Waals surface area contributed by atoms with Crippen molar-refractivity contribution >= 4 is 5.78 Å². The van der Waals surface area contributed by atoms with E-state index in [-0.39, 0.29) is 5.41 Å². The van der Waals surface area contributed by atoms with Crippen molar-refractivity contribution in [3.63, 3.8) is 0 Å². The van der Waals surface area contributed by atoms with Crippen LogP contribution in [0.4, 0.5) is 0 Å². The van der Waals surface area contributed by atoms with Crippen LogP contribution in [-0.2, 0) is 4.79 Å². The maximum Gasteiger partial charge on any atom is 0.139 e. The molecule has 0 aromatic rings. The summed E-state index contributed by atoms with van der Waals surface area (Å²) in [5.41, 5.74) is 0.383. The molecule has 2 saturated carbocycles. The van der Waals surface area contributed by atoms with Crippen LogP contribution in [0.25, 0.3) is 0 Å². The van der Waals surface area contributed by atoms with E-state index in [0.717, 1.165) is 6.42 Å². The average Bonchev–Trinajstić information content (AvgIpc) is 1.91. The molecule has 0 radical (unpaired) electrons. The third kappa shape index (κ3) is 0.692. The lowest BCUT2D eigenvalue weighted by molar-refractivity contribution is -0.125. The monoisotopic (exact) mass is 152 g/mol. The van der Waals surface area contributed by atoms with E-state index in [4.69, 9.17) is 0 Å². The van der Waals surface area contributed by atoms with Crippen molar-refractivity contribution in [3.8, 4) is 0 Å². The Bertz CT molecular complexity index is 217. The second kappa shape index (κ2) is 1.70. The van der Waals surface area contributed by atoms with Crippen LogP contribution in [0.1, 0.15) is 40.0 Å². The Kier molecular flexibility index (Phi) is 1.13. The summed E-state index contributed by atoms with van der Waals surface area (Å²) in [6.07, 6.45) is 3.38. The van der Waals surface area contributed by atoms with Gasteiger partial charge in [0.05, 0.1) is 0 Å². The molecule has 2 rings (SSSR count). The summed E-state index contributed by atoms with van der Waals surface area (Å²) in [5, 5.41) is 0. The standard InChI is InChI=1S/C10H16O/c1-9(2)7-4-5-10(7,3)6-8(9)11/h7H,4-6H2,1-3H3/t7-,10+/m1/s1. The molecule has 0 unspecified atom stereocenters. The van der Waals surface area contributed by atoms with E-state index in [1.165, 1.54) is 12.8 Å². The second-order valence-corrected chi connectivity index (χ2v) is 5.07. The summed E-state index contributed by atoms with van der Waals surface area (Å²) in [6.45, 7) is 6.50. The predicted molar refractivity (Wildman–Crippen MR) is 44.2 cm³/mol. The first-order valence-electron chi connectivity index (χ1n) is 4.50. The Labute approximate surface area is 68.2 Å². The van der Waals surface area contributed by atoms with Gasteiger partial charge < -0.3 is 0 Å². The van der Waals surface area contributed by atoms with Crippen LogP contribution < -0.4 is 0 Å². The van der Waals surface area contributed by atoms with Gasteiger partial charge in [0.15, 0.2) is 0 Å². The Morgan fingerprint density at radius 3 is 2.18 bits per heavy atom. The van der Waals surface area contributed by atoms with E-state index in [1.54, 1.807) is 0 Å². The molecular formula is C10H16O. The topological polar surface area (TPSA) is 17.1 Å². The zero-order chi connectivity index (χ0) is 8.28. The fourth-order valence-electron chi connectivity index (χ4n) is 3.01. The van der Waals surface area contributed by atoms with Gasteiger partial charge in [-0.3, -0.25) is 4.79 Å². The first kappa shape index (κ1) is 7.33. The highest BCUT2D eigenvalue weighted by atomic mass is 16.1. The van der Waals surface area contributed by atoms with Crippen LogP contribution in [-0.4, -0.2) is 5.78 Å². The van der Waals surface area contributed by atoms with Gasteiger partial charge in [0.1, 0.15) is 5.78 Å². The Balaban J connectivity index is 2.34. The van der Waals surface area contributed by atoms with E-state index in [2.05, 4.69) is 20.8 Å². The predicted octanol–water partition coefficient (Wildman–Crippen LogP) is 2.40. The maximum absolute atomic E-state index is 11.6. The van der Waals surface area contributed by atoms with Crippen molar-refractivity contribution in [1.82, 2.24) is 0 Å². The van der Waals surface area contributed by atoms with Gasteiger partial charge in [-0.2, -0.15) is 0 Å². The number of hydrogen-bond donors (Lipinski definition) is 0. The molecule has 2 aliphatic carbocycles. The molecule has 11 heavy (non-hydrogen) atoms. The van der Waals surface area contributed by atoms with Crippen molar-refractivity contribution in [1.29, 1.82) is 0 Å². The first-order valence-corrected chi connectivity index (χ1v) is 4.50. The largest absolute Gasteiger partial charge is 0.299 e. The van der Waals surface area contributed by atoms with E-state index >= 15 is 0 Å². The highest BCUT2D eigenvalue weighted by molar-refractivity contribution is 5.88. The number of rotatable bonds is 0. The van der Waals surface area contributed by atoms with Crippen LogP contribution in [0.15, 0.2) is 0 Å². The molecule has 0 N–H and O–H groups in total. The molecule has 2 aliphatic rings. The number of carbonyl (C=O) groups excluding carboxylic acids is 1. The molecule has 0 bridgehead atoms. The SMILES string of the molecule is CC1(C)C(=O)C[C@]2(C)CC[C@H]12. The van der Waals surface area contributed by atoms with E-state index in [1.807, 2.05) is 0 Å². The third-order valence-corrected chi connectivity index (χ3v) is 4.00. The maximum atomic E-state index is 11.6. The highest BCUT2D eigenvalue weighted by Crippen LogP contribution is 2.63. The minimum atomic E-state index is -0.00694.